The molecule has 112 valence electrons. The molecule has 1 atom stereocenters. The Balaban J connectivity index is 1.87. The minimum Gasteiger partial charge on any atom is -0.279 e. The highest BCUT2D eigenvalue weighted by molar-refractivity contribution is 8.13. The van der Waals surface area contributed by atoms with Gasteiger partial charge >= 0.3 is 0 Å². The SMILES string of the molecule is O=C1CC(CS(=O)(=O)Cl)CN1c1nc2ccc(Cl)cn2n1. The first-order valence-electron chi connectivity index (χ1n) is 6.06. The number of halogens is 2. The third kappa shape index (κ3) is 3.12. The van der Waals surface area contributed by atoms with Gasteiger partial charge in [0.1, 0.15) is 0 Å². The molecule has 7 nitrogen and oxygen atoms in total. The highest BCUT2D eigenvalue weighted by Gasteiger charge is 2.35. The van der Waals surface area contributed by atoms with Gasteiger partial charge in [-0.05, 0) is 12.1 Å². The van der Waals surface area contributed by atoms with Gasteiger partial charge in [0.2, 0.25) is 15.0 Å². The lowest BCUT2D eigenvalue weighted by molar-refractivity contribution is -0.117. The van der Waals surface area contributed by atoms with Crippen LogP contribution < -0.4 is 4.90 Å². The Kier molecular flexibility index (Phi) is 3.54. The van der Waals surface area contributed by atoms with E-state index in [0.717, 1.165) is 0 Å². The Morgan fingerprint density at radius 2 is 2.14 bits per heavy atom. The molecule has 0 aromatic carbocycles. The van der Waals surface area contributed by atoms with Crippen LogP contribution in [0.5, 0.6) is 0 Å². The summed E-state index contributed by atoms with van der Waals surface area (Å²) in [5.74, 6) is -0.579. The number of anilines is 1. The molecule has 0 N–H and O–H groups in total. The molecule has 0 bridgehead atoms. The van der Waals surface area contributed by atoms with Crippen LogP contribution in [0.15, 0.2) is 18.3 Å². The number of amides is 1. The van der Waals surface area contributed by atoms with Crippen molar-refractivity contribution < 1.29 is 13.2 Å². The number of fused-ring (bicyclic) bond motifs is 1. The molecule has 2 aromatic heterocycles. The maximum absolute atomic E-state index is 12.0. The van der Waals surface area contributed by atoms with Gasteiger partial charge in [0.15, 0.2) is 5.65 Å². The minimum absolute atomic E-state index is 0.113. The average Bonchev–Trinajstić information content (AvgIpc) is 2.89. The highest BCUT2D eigenvalue weighted by atomic mass is 35.7. The summed E-state index contributed by atoms with van der Waals surface area (Å²) in [6, 6.07) is 3.35. The Labute approximate surface area is 129 Å². The highest BCUT2D eigenvalue weighted by Crippen LogP contribution is 2.25. The van der Waals surface area contributed by atoms with Crippen LogP contribution in [0.3, 0.4) is 0 Å². The third-order valence-electron chi connectivity index (χ3n) is 3.17. The molecule has 1 aliphatic heterocycles. The standard InChI is InChI=1S/C11H10Cl2N4O3S/c12-8-1-2-9-14-11(15-17(9)5-8)16-4-7(3-10(16)18)6-21(13,19)20/h1-2,5,7H,3-4,6H2. The molecule has 1 unspecified atom stereocenters. The summed E-state index contributed by atoms with van der Waals surface area (Å²) in [7, 11) is 1.59. The van der Waals surface area contributed by atoms with Gasteiger partial charge in [0, 0.05) is 35.8 Å². The summed E-state index contributed by atoms with van der Waals surface area (Å²) in [5.41, 5.74) is 0.551. The van der Waals surface area contributed by atoms with Crippen LogP contribution in [0.1, 0.15) is 6.42 Å². The molecular weight excluding hydrogens is 339 g/mol. The second-order valence-electron chi connectivity index (χ2n) is 4.84. The number of nitrogens with zero attached hydrogens (tertiary/aromatic N) is 4. The molecule has 0 aliphatic carbocycles. The van der Waals surface area contributed by atoms with Crippen LogP contribution in [0, 0.1) is 5.92 Å². The number of carbonyl (C=O) groups excluding carboxylic acids is 1. The van der Waals surface area contributed by atoms with E-state index in [1.165, 1.54) is 9.42 Å². The Morgan fingerprint density at radius 3 is 2.86 bits per heavy atom. The topological polar surface area (TPSA) is 84.6 Å². The van der Waals surface area contributed by atoms with Gasteiger partial charge in [0.05, 0.1) is 10.8 Å². The van der Waals surface area contributed by atoms with E-state index in [-0.39, 0.29) is 36.5 Å². The molecule has 0 spiro atoms. The van der Waals surface area contributed by atoms with Gasteiger partial charge in [-0.15, -0.1) is 5.10 Å². The van der Waals surface area contributed by atoms with Crippen molar-refractivity contribution in [2.75, 3.05) is 17.2 Å². The lowest BCUT2D eigenvalue weighted by Crippen LogP contribution is -2.26. The number of carbonyl (C=O) groups is 1. The van der Waals surface area contributed by atoms with Gasteiger partial charge in [-0.1, -0.05) is 11.6 Å². The van der Waals surface area contributed by atoms with Crippen molar-refractivity contribution in [3.8, 4) is 0 Å². The van der Waals surface area contributed by atoms with Crippen LogP contribution in [-0.4, -0.2) is 41.2 Å². The van der Waals surface area contributed by atoms with E-state index < -0.39 is 9.05 Å². The molecule has 3 heterocycles. The lowest BCUT2D eigenvalue weighted by atomic mass is 10.1. The van der Waals surface area contributed by atoms with Crippen molar-refractivity contribution in [2.45, 2.75) is 6.42 Å². The fourth-order valence-corrected chi connectivity index (χ4v) is 3.80. The van der Waals surface area contributed by atoms with Crippen LogP contribution >= 0.6 is 22.3 Å². The smallest absolute Gasteiger partial charge is 0.252 e. The molecule has 10 heteroatoms. The Hall–Kier alpha value is -1.38. The molecular formula is C11H10Cl2N4O3S. The summed E-state index contributed by atoms with van der Waals surface area (Å²) in [6.45, 7) is 0.232. The quantitative estimate of drug-likeness (QED) is 0.780. The third-order valence-corrected chi connectivity index (χ3v) is 4.64. The largest absolute Gasteiger partial charge is 0.279 e. The fraction of sp³-hybridized carbons (Fsp3) is 0.364. The van der Waals surface area contributed by atoms with Crippen molar-refractivity contribution in [1.29, 1.82) is 0 Å². The molecule has 1 amide bonds. The van der Waals surface area contributed by atoms with Gasteiger partial charge in [-0.2, -0.15) is 4.98 Å². The van der Waals surface area contributed by atoms with E-state index in [1.54, 1.807) is 18.3 Å². The summed E-state index contributed by atoms with van der Waals surface area (Å²) < 4.78 is 23.7. The van der Waals surface area contributed by atoms with E-state index in [1.807, 2.05) is 0 Å². The van der Waals surface area contributed by atoms with E-state index >= 15 is 0 Å². The number of hydrogen-bond donors (Lipinski definition) is 0. The fourth-order valence-electron chi connectivity index (χ4n) is 2.33. The minimum atomic E-state index is -3.64. The van der Waals surface area contributed by atoms with Crippen molar-refractivity contribution in [3.05, 3.63) is 23.4 Å². The number of rotatable bonds is 3. The molecule has 2 aromatic rings. The monoisotopic (exact) mass is 348 g/mol. The first-order chi connectivity index (χ1) is 9.82. The maximum atomic E-state index is 12.0. The summed E-state index contributed by atoms with van der Waals surface area (Å²) >= 11 is 5.86. The van der Waals surface area contributed by atoms with Gasteiger partial charge in [-0.25, -0.2) is 12.9 Å². The van der Waals surface area contributed by atoms with Crippen molar-refractivity contribution >= 4 is 48.8 Å². The molecule has 1 aliphatic rings. The van der Waals surface area contributed by atoms with Gasteiger partial charge in [-0.3, -0.25) is 9.69 Å². The maximum Gasteiger partial charge on any atom is 0.252 e. The second kappa shape index (κ2) is 5.11. The summed E-state index contributed by atoms with van der Waals surface area (Å²) in [6.07, 6.45) is 1.69. The van der Waals surface area contributed by atoms with Crippen molar-refractivity contribution in [1.82, 2.24) is 14.6 Å². The van der Waals surface area contributed by atoms with Crippen LogP contribution in [0.25, 0.3) is 5.65 Å². The summed E-state index contributed by atoms with van der Waals surface area (Å²) in [5, 5.41) is 4.68. The van der Waals surface area contributed by atoms with Gasteiger partial charge in [0.25, 0.3) is 5.95 Å². The van der Waals surface area contributed by atoms with Gasteiger partial charge < -0.3 is 0 Å². The number of aromatic nitrogens is 3. The zero-order valence-electron chi connectivity index (χ0n) is 10.6. The van der Waals surface area contributed by atoms with E-state index in [9.17, 15) is 13.2 Å². The number of hydrogen-bond acceptors (Lipinski definition) is 5. The van der Waals surface area contributed by atoms with Crippen molar-refractivity contribution in [2.24, 2.45) is 5.92 Å². The zero-order valence-corrected chi connectivity index (χ0v) is 12.9. The van der Waals surface area contributed by atoms with Crippen LogP contribution in [0.4, 0.5) is 5.95 Å². The van der Waals surface area contributed by atoms with E-state index in [2.05, 4.69) is 10.1 Å². The first kappa shape index (κ1) is 14.6. The molecule has 21 heavy (non-hydrogen) atoms. The molecule has 3 rings (SSSR count). The number of pyridine rings is 1. The second-order valence-corrected chi connectivity index (χ2v) is 8.10. The van der Waals surface area contributed by atoms with Crippen molar-refractivity contribution in [3.63, 3.8) is 0 Å². The normalized spacial score (nSPS) is 19.6. The predicted molar refractivity (Wildman–Crippen MR) is 78.1 cm³/mol. The Bertz CT molecular complexity index is 820. The molecule has 1 saturated heterocycles. The molecule has 1 fully saturated rings. The average molecular weight is 349 g/mol. The predicted octanol–water partition coefficient (Wildman–Crippen LogP) is 1.30. The van der Waals surface area contributed by atoms with Crippen LogP contribution in [0.2, 0.25) is 5.02 Å². The zero-order chi connectivity index (χ0) is 15.2. The Morgan fingerprint density at radius 1 is 1.38 bits per heavy atom. The lowest BCUT2D eigenvalue weighted by Gasteiger charge is -2.10. The molecule has 0 radical (unpaired) electrons. The van der Waals surface area contributed by atoms with E-state index in [4.69, 9.17) is 22.3 Å². The molecule has 0 saturated carbocycles. The first-order valence-corrected chi connectivity index (χ1v) is 8.92. The van der Waals surface area contributed by atoms with E-state index in [0.29, 0.717) is 10.7 Å². The summed E-state index contributed by atoms with van der Waals surface area (Å²) in [4.78, 5) is 17.6. The van der Waals surface area contributed by atoms with Crippen LogP contribution in [-0.2, 0) is 13.8 Å².